The monoisotopic (exact) mass is 447 g/mol. The Morgan fingerprint density at radius 3 is 2.81 bits per heavy atom. The van der Waals surface area contributed by atoms with Gasteiger partial charge in [-0.15, -0.1) is 11.3 Å². The molecule has 1 aliphatic carbocycles. The highest BCUT2D eigenvalue weighted by Crippen LogP contribution is 2.34. The number of aryl methyl sites for hydroxylation is 2. The molecule has 6 nitrogen and oxygen atoms in total. The largest absolute Gasteiger partial charge is 0.492 e. The molecule has 7 heteroatoms. The molecule has 5 rings (SSSR count). The molecule has 0 unspecified atom stereocenters. The Hall–Kier alpha value is -2.90. The summed E-state index contributed by atoms with van der Waals surface area (Å²) in [5.74, 6) is 2.28. The van der Waals surface area contributed by atoms with Crippen molar-refractivity contribution in [2.75, 3.05) is 36.9 Å². The summed E-state index contributed by atoms with van der Waals surface area (Å²) in [6, 6.07) is 7.98. The van der Waals surface area contributed by atoms with Gasteiger partial charge in [-0.2, -0.15) is 4.98 Å². The van der Waals surface area contributed by atoms with Crippen molar-refractivity contribution < 1.29 is 4.74 Å². The van der Waals surface area contributed by atoms with Gasteiger partial charge in [0, 0.05) is 39.8 Å². The van der Waals surface area contributed by atoms with Crippen molar-refractivity contribution in [3.8, 4) is 5.75 Å². The first kappa shape index (κ1) is 21.0. The molecule has 3 aromatic rings. The van der Waals surface area contributed by atoms with E-state index in [0.29, 0.717) is 5.95 Å². The van der Waals surface area contributed by atoms with Gasteiger partial charge in [0.05, 0.1) is 5.69 Å². The fourth-order valence-corrected chi connectivity index (χ4v) is 5.10. The average Bonchev–Trinajstić information content (AvgIpc) is 3.48. The van der Waals surface area contributed by atoms with Crippen LogP contribution in [0.5, 0.6) is 5.75 Å². The average molecular weight is 448 g/mol. The van der Waals surface area contributed by atoms with Crippen LogP contribution in [0.15, 0.2) is 41.9 Å². The molecule has 2 aliphatic rings. The molecule has 2 aromatic heterocycles. The van der Waals surface area contributed by atoms with E-state index in [9.17, 15) is 0 Å². The molecule has 1 aliphatic heterocycles. The quantitative estimate of drug-likeness (QED) is 0.457. The van der Waals surface area contributed by atoms with Gasteiger partial charge in [-0.1, -0.05) is 12.2 Å². The van der Waals surface area contributed by atoms with E-state index >= 15 is 0 Å². The number of anilines is 4. The van der Waals surface area contributed by atoms with Crippen molar-refractivity contribution in [1.29, 1.82) is 0 Å². The number of nitrogens with zero attached hydrogens (tertiary/aromatic N) is 3. The number of aromatic nitrogens is 2. The zero-order valence-electron chi connectivity index (χ0n) is 18.4. The fraction of sp³-hybridized carbons (Fsp3) is 0.360. The third kappa shape index (κ3) is 4.95. The van der Waals surface area contributed by atoms with Gasteiger partial charge >= 0.3 is 0 Å². The maximum Gasteiger partial charge on any atom is 0.229 e. The van der Waals surface area contributed by atoms with Crippen LogP contribution in [0.3, 0.4) is 0 Å². The summed E-state index contributed by atoms with van der Waals surface area (Å²) in [6.07, 6.45) is 11.2. The highest BCUT2D eigenvalue weighted by atomic mass is 32.1. The molecule has 0 radical (unpaired) electrons. The minimum atomic E-state index is 0.570. The molecule has 166 valence electrons. The van der Waals surface area contributed by atoms with Crippen LogP contribution >= 0.6 is 11.3 Å². The highest BCUT2D eigenvalue weighted by molar-refractivity contribution is 7.10. The smallest absolute Gasteiger partial charge is 0.229 e. The normalized spacial score (nSPS) is 15.5. The lowest BCUT2D eigenvalue weighted by Gasteiger charge is -2.15. The Morgan fingerprint density at radius 1 is 1.12 bits per heavy atom. The van der Waals surface area contributed by atoms with Crippen molar-refractivity contribution >= 4 is 40.6 Å². The van der Waals surface area contributed by atoms with E-state index in [1.165, 1.54) is 36.4 Å². The molecule has 3 heterocycles. The first-order valence-corrected chi connectivity index (χ1v) is 12.2. The third-order valence-corrected chi connectivity index (χ3v) is 7.00. The topological polar surface area (TPSA) is 62.3 Å². The standard InChI is InChI=1S/C25H29N5OS/c1-18-16-26-25(29-24(18)28-22-17-32-23-7-3-2-6-21(22)23)27-19-8-10-20(11-9-19)31-15-14-30-12-4-5-13-30/h2,6,8-11,16-17H,3-5,7,12-15H2,1H3,(H2,26,27,28,29). The number of hydrogen-bond donors (Lipinski definition) is 2. The van der Waals surface area contributed by atoms with E-state index in [2.05, 4.69) is 38.0 Å². The summed E-state index contributed by atoms with van der Waals surface area (Å²) in [6.45, 7) is 6.14. The first-order valence-electron chi connectivity index (χ1n) is 11.3. The summed E-state index contributed by atoms with van der Waals surface area (Å²) in [5, 5.41) is 8.99. The van der Waals surface area contributed by atoms with E-state index in [4.69, 9.17) is 9.72 Å². The third-order valence-electron chi connectivity index (χ3n) is 5.94. The SMILES string of the molecule is Cc1cnc(Nc2ccc(OCCN3CCCC3)cc2)nc1Nc1csc2c1C=CCC2. The molecule has 0 spiro atoms. The number of nitrogens with one attached hydrogen (secondary N) is 2. The van der Waals surface area contributed by atoms with E-state index in [-0.39, 0.29) is 0 Å². The van der Waals surface area contributed by atoms with Crippen LogP contribution in [-0.2, 0) is 6.42 Å². The van der Waals surface area contributed by atoms with Gasteiger partial charge < -0.3 is 15.4 Å². The summed E-state index contributed by atoms with van der Waals surface area (Å²) >= 11 is 1.81. The van der Waals surface area contributed by atoms with Crippen LogP contribution in [0, 0.1) is 6.92 Å². The molecule has 0 amide bonds. The Kier molecular flexibility index (Phi) is 6.36. The van der Waals surface area contributed by atoms with Gasteiger partial charge in [-0.05, 0) is 70.0 Å². The Bertz CT molecular complexity index is 1090. The minimum Gasteiger partial charge on any atom is -0.492 e. The lowest BCUT2D eigenvalue weighted by atomic mass is 10.1. The van der Waals surface area contributed by atoms with Crippen LogP contribution in [0.2, 0.25) is 0 Å². The lowest BCUT2D eigenvalue weighted by Crippen LogP contribution is -2.25. The predicted molar refractivity (Wildman–Crippen MR) is 133 cm³/mol. The summed E-state index contributed by atoms with van der Waals surface area (Å²) in [4.78, 5) is 13.1. The number of hydrogen-bond acceptors (Lipinski definition) is 7. The van der Waals surface area contributed by atoms with Gasteiger partial charge in [-0.3, -0.25) is 4.90 Å². The van der Waals surface area contributed by atoms with Gasteiger partial charge in [-0.25, -0.2) is 4.98 Å². The predicted octanol–water partition coefficient (Wildman–Crippen LogP) is 5.77. The minimum absolute atomic E-state index is 0.570. The van der Waals surface area contributed by atoms with E-state index in [0.717, 1.165) is 54.5 Å². The second kappa shape index (κ2) is 9.71. The van der Waals surface area contributed by atoms with Crippen molar-refractivity contribution in [2.45, 2.75) is 32.6 Å². The van der Waals surface area contributed by atoms with Crippen molar-refractivity contribution in [2.24, 2.45) is 0 Å². The zero-order chi connectivity index (χ0) is 21.8. The number of allylic oxidation sites excluding steroid dienone is 1. The van der Waals surface area contributed by atoms with Crippen LogP contribution < -0.4 is 15.4 Å². The van der Waals surface area contributed by atoms with Gasteiger partial charge in [0.1, 0.15) is 18.2 Å². The van der Waals surface area contributed by atoms with Crippen molar-refractivity contribution in [3.05, 3.63) is 57.9 Å². The fourth-order valence-electron chi connectivity index (χ4n) is 4.11. The van der Waals surface area contributed by atoms with Crippen molar-refractivity contribution in [3.63, 3.8) is 0 Å². The van der Waals surface area contributed by atoms with E-state index in [1.54, 1.807) is 0 Å². The van der Waals surface area contributed by atoms with Gasteiger partial charge in [0.2, 0.25) is 5.95 Å². The Balaban J connectivity index is 1.21. The van der Waals surface area contributed by atoms with Crippen LogP contribution in [0.25, 0.3) is 6.08 Å². The summed E-state index contributed by atoms with van der Waals surface area (Å²) in [5.41, 5.74) is 4.35. The molecule has 1 aromatic carbocycles. The lowest BCUT2D eigenvalue weighted by molar-refractivity contribution is 0.238. The second-order valence-electron chi connectivity index (χ2n) is 8.32. The number of likely N-dealkylation sites (tertiary alicyclic amines) is 1. The highest BCUT2D eigenvalue weighted by Gasteiger charge is 2.14. The zero-order valence-corrected chi connectivity index (χ0v) is 19.3. The van der Waals surface area contributed by atoms with Crippen LogP contribution in [-0.4, -0.2) is 41.1 Å². The number of fused-ring (bicyclic) bond motifs is 1. The summed E-state index contributed by atoms with van der Waals surface area (Å²) < 4.78 is 5.90. The Morgan fingerprint density at radius 2 is 1.97 bits per heavy atom. The Labute approximate surface area is 193 Å². The number of rotatable bonds is 8. The molecule has 0 saturated carbocycles. The molecule has 1 fully saturated rings. The van der Waals surface area contributed by atoms with E-state index < -0.39 is 0 Å². The molecule has 0 atom stereocenters. The maximum absolute atomic E-state index is 5.90. The molecule has 32 heavy (non-hydrogen) atoms. The first-order chi connectivity index (χ1) is 15.7. The molecule has 1 saturated heterocycles. The van der Waals surface area contributed by atoms with Crippen LogP contribution in [0.1, 0.15) is 35.3 Å². The number of ether oxygens (including phenoxy) is 1. The van der Waals surface area contributed by atoms with Crippen molar-refractivity contribution in [1.82, 2.24) is 14.9 Å². The number of benzene rings is 1. The van der Waals surface area contributed by atoms with E-state index in [1.807, 2.05) is 48.7 Å². The molecule has 0 bridgehead atoms. The van der Waals surface area contributed by atoms with Gasteiger partial charge in [0.25, 0.3) is 0 Å². The van der Waals surface area contributed by atoms with Gasteiger partial charge in [0.15, 0.2) is 0 Å². The summed E-state index contributed by atoms with van der Waals surface area (Å²) in [7, 11) is 0. The molecular weight excluding hydrogens is 418 g/mol. The molecule has 2 N–H and O–H groups in total. The maximum atomic E-state index is 5.90. The second-order valence-corrected chi connectivity index (χ2v) is 9.29. The number of thiophene rings is 1. The molecular formula is C25H29N5OS. The van der Waals surface area contributed by atoms with Crippen LogP contribution in [0.4, 0.5) is 23.1 Å².